The van der Waals surface area contributed by atoms with Crippen molar-refractivity contribution in [2.75, 3.05) is 18.9 Å². The van der Waals surface area contributed by atoms with Gasteiger partial charge in [-0.2, -0.15) is 0 Å². The third-order valence-electron chi connectivity index (χ3n) is 1.89. The summed E-state index contributed by atoms with van der Waals surface area (Å²) in [6.45, 7) is 4.23. The van der Waals surface area contributed by atoms with Crippen LogP contribution in [0.25, 0.3) is 0 Å². The second kappa shape index (κ2) is 5.18. The molecule has 0 aliphatic rings. The number of anilines is 1. The first kappa shape index (κ1) is 12.8. The second-order valence-electron chi connectivity index (χ2n) is 3.14. The Hall–Kier alpha value is -1.27. The predicted molar refractivity (Wildman–Crippen MR) is 62.9 cm³/mol. The summed E-state index contributed by atoms with van der Waals surface area (Å²) in [6.07, 6.45) is 0. The first-order valence-electron chi connectivity index (χ1n) is 5.03. The molecule has 0 heterocycles. The Morgan fingerprint density at radius 1 is 1.38 bits per heavy atom. The van der Waals surface area contributed by atoms with Crippen molar-refractivity contribution in [2.45, 2.75) is 18.7 Å². The van der Waals surface area contributed by atoms with Gasteiger partial charge in [-0.1, -0.05) is 6.92 Å². The van der Waals surface area contributed by atoms with Gasteiger partial charge in [-0.05, 0) is 25.1 Å². The molecule has 0 radical (unpaired) electrons. The molecule has 1 aromatic rings. The minimum absolute atomic E-state index is 0.0798. The largest absolute Gasteiger partial charge is 0.492 e. The van der Waals surface area contributed by atoms with Gasteiger partial charge in [0.15, 0.2) is 0 Å². The molecule has 0 saturated heterocycles. The van der Waals surface area contributed by atoms with Gasteiger partial charge in [0.25, 0.3) is 0 Å². The topological polar surface area (TPSA) is 81.4 Å². The van der Waals surface area contributed by atoms with Gasteiger partial charge in [0.05, 0.1) is 6.61 Å². The fourth-order valence-electron chi connectivity index (χ4n) is 1.28. The Labute approximate surface area is 95.7 Å². The second-order valence-corrected chi connectivity index (χ2v) is 4.88. The number of rotatable bonds is 5. The fraction of sp³-hybridized carbons (Fsp3) is 0.400. The average molecular weight is 244 g/mol. The van der Waals surface area contributed by atoms with Crippen LogP contribution in [-0.2, 0) is 10.0 Å². The molecular formula is C10H16N2O3S. The SMILES string of the molecule is CCNS(=O)(=O)c1cc(N)ccc1OCC. The lowest BCUT2D eigenvalue weighted by Crippen LogP contribution is -2.24. The molecule has 5 nitrogen and oxygen atoms in total. The van der Waals surface area contributed by atoms with E-state index in [1.807, 2.05) is 0 Å². The summed E-state index contributed by atoms with van der Waals surface area (Å²) in [4.78, 5) is 0.0798. The molecule has 6 heteroatoms. The number of hydrogen-bond donors (Lipinski definition) is 2. The lowest BCUT2D eigenvalue weighted by atomic mass is 10.3. The molecule has 3 N–H and O–H groups in total. The maximum absolute atomic E-state index is 11.8. The molecule has 1 aromatic carbocycles. The van der Waals surface area contributed by atoms with Crippen LogP contribution in [0.2, 0.25) is 0 Å². The molecule has 0 fully saturated rings. The van der Waals surface area contributed by atoms with E-state index in [-0.39, 0.29) is 4.90 Å². The Morgan fingerprint density at radius 2 is 2.06 bits per heavy atom. The van der Waals surface area contributed by atoms with E-state index in [1.165, 1.54) is 6.07 Å². The van der Waals surface area contributed by atoms with Gasteiger partial charge < -0.3 is 10.5 Å². The number of nitrogens with one attached hydrogen (secondary N) is 1. The lowest BCUT2D eigenvalue weighted by molar-refractivity contribution is 0.331. The van der Waals surface area contributed by atoms with Crippen LogP contribution in [0.3, 0.4) is 0 Å². The number of nitrogens with two attached hydrogens (primary N) is 1. The van der Waals surface area contributed by atoms with Crippen LogP contribution in [-0.4, -0.2) is 21.6 Å². The van der Waals surface area contributed by atoms with E-state index in [4.69, 9.17) is 10.5 Å². The van der Waals surface area contributed by atoms with Crippen molar-refractivity contribution in [3.05, 3.63) is 18.2 Å². The summed E-state index contributed by atoms with van der Waals surface area (Å²) in [5.74, 6) is 0.317. The van der Waals surface area contributed by atoms with Gasteiger partial charge in [-0.15, -0.1) is 0 Å². The fourth-order valence-corrected chi connectivity index (χ4v) is 2.50. The maximum atomic E-state index is 11.8. The van der Waals surface area contributed by atoms with E-state index in [2.05, 4.69) is 4.72 Å². The van der Waals surface area contributed by atoms with Gasteiger partial charge in [0.2, 0.25) is 10.0 Å². The molecule has 0 aliphatic carbocycles. The van der Waals surface area contributed by atoms with Crippen LogP contribution >= 0.6 is 0 Å². The molecule has 0 bridgehead atoms. The molecule has 16 heavy (non-hydrogen) atoms. The molecule has 1 rings (SSSR count). The Morgan fingerprint density at radius 3 is 2.62 bits per heavy atom. The van der Waals surface area contributed by atoms with Crippen LogP contribution in [0.15, 0.2) is 23.1 Å². The lowest BCUT2D eigenvalue weighted by Gasteiger charge is -2.11. The van der Waals surface area contributed by atoms with Gasteiger partial charge in [0.1, 0.15) is 10.6 Å². The van der Waals surface area contributed by atoms with E-state index in [9.17, 15) is 8.42 Å². The molecule has 0 spiro atoms. The number of sulfonamides is 1. The maximum Gasteiger partial charge on any atom is 0.244 e. The van der Waals surface area contributed by atoms with Crippen LogP contribution < -0.4 is 15.2 Å². The van der Waals surface area contributed by atoms with Crippen molar-refractivity contribution >= 4 is 15.7 Å². The highest BCUT2D eigenvalue weighted by Crippen LogP contribution is 2.25. The van der Waals surface area contributed by atoms with Crippen molar-refractivity contribution in [1.29, 1.82) is 0 Å². The van der Waals surface area contributed by atoms with E-state index in [0.29, 0.717) is 24.6 Å². The number of benzene rings is 1. The number of ether oxygens (including phenoxy) is 1. The summed E-state index contributed by atoms with van der Waals surface area (Å²) < 4.78 is 31.3. The van der Waals surface area contributed by atoms with Crippen LogP contribution in [0.5, 0.6) is 5.75 Å². The zero-order chi connectivity index (χ0) is 12.2. The minimum Gasteiger partial charge on any atom is -0.492 e. The molecule has 0 aromatic heterocycles. The molecule has 0 amide bonds. The molecular weight excluding hydrogens is 228 g/mol. The van der Waals surface area contributed by atoms with Crippen molar-refractivity contribution in [2.24, 2.45) is 0 Å². The molecule has 0 atom stereocenters. The summed E-state index contributed by atoms with van der Waals surface area (Å²) in [6, 6.07) is 4.56. The highest BCUT2D eigenvalue weighted by molar-refractivity contribution is 7.89. The predicted octanol–water partition coefficient (Wildman–Crippen LogP) is 0.966. The van der Waals surface area contributed by atoms with Crippen molar-refractivity contribution in [1.82, 2.24) is 4.72 Å². The van der Waals surface area contributed by atoms with E-state index < -0.39 is 10.0 Å². The van der Waals surface area contributed by atoms with Gasteiger partial charge in [-0.3, -0.25) is 0 Å². The normalized spacial score (nSPS) is 11.4. The van der Waals surface area contributed by atoms with Gasteiger partial charge in [0, 0.05) is 12.2 Å². The summed E-state index contributed by atoms with van der Waals surface area (Å²) in [5.41, 5.74) is 5.96. The van der Waals surface area contributed by atoms with Crippen molar-refractivity contribution < 1.29 is 13.2 Å². The minimum atomic E-state index is -3.54. The Bertz CT molecular complexity index is 457. The highest BCUT2D eigenvalue weighted by Gasteiger charge is 2.18. The zero-order valence-corrected chi connectivity index (χ0v) is 10.2. The van der Waals surface area contributed by atoms with Crippen molar-refractivity contribution in [3.63, 3.8) is 0 Å². The molecule has 0 aliphatic heterocycles. The van der Waals surface area contributed by atoms with Crippen LogP contribution in [0.1, 0.15) is 13.8 Å². The Balaban J connectivity index is 3.24. The summed E-state index contributed by atoms with van der Waals surface area (Å²) in [7, 11) is -3.54. The molecule has 90 valence electrons. The van der Waals surface area contributed by atoms with Gasteiger partial charge in [-0.25, -0.2) is 13.1 Å². The Kier molecular flexibility index (Phi) is 4.14. The first-order valence-corrected chi connectivity index (χ1v) is 6.51. The summed E-state index contributed by atoms with van der Waals surface area (Å²) in [5, 5.41) is 0. The standard InChI is InChI=1S/C10H16N2O3S/c1-3-12-16(13,14)10-7-8(11)5-6-9(10)15-4-2/h5-7,12H,3-4,11H2,1-2H3. The third-order valence-corrected chi connectivity index (χ3v) is 3.46. The monoisotopic (exact) mass is 244 g/mol. The van der Waals surface area contributed by atoms with E-state index >= 15 is 0 Å². The van der Waals surface area contributed by atoms with Crippen molar-refractivity contribution in [3.8, 4) is 5.75 Å². The first-order chi connectivity index (χ1) is 7.51. The van der Waals surface area contributed by atoms with Crippen LogP contribution in [0.4, 0.5) is 5.69 Å². The summed E-state index contributed by atoms with van der Waals surface area (Å²) >= 11 is 0. The quantitative estimate of drug-likeness (QED) is 0.756. The van der Waals surface area contributed by atoms with Gasteiger partial charge >= 0.3 is 0 Å². The highest BCUT2D eigenvalue weighted by atomic mass is 32.2. The van der Waals surface area contributed by atoms with E-state index in [0.717, 1.165) is 0 Å². The third kappa shape index (κ3) is 2.86. The molecule has 0 unspecified atom stereocenters. The van der Waals surface area contributed by atoms with Crippen LogP contribution in [0, 0.1) is 0 Å². The average Bonchev–Trinajstić information content (AvgIpc) is 2.21. The molecule has 0 saturated carbocycles. The zero-order valence-electron chi connectivity index (χ0n) is 9.36. The van der Waals surface area contributed by atoms with E-state index in [1.54, 1.807) is 26.0 Å². The number of nitrogen functional groups attached to an aromatic ring is 1. The number of hydrogen-bond acceptors (Lipinski definition) is 4. The smallest absolute Gasteiger partial charge is 0.244 e.